The fourth-order valence-electron chi connectivity index (χ4n) is 4.63. The van der Waals surface area contributed by atoms with Crippen molar-refractivity contribution in [2.45, 2.75) is 77.4 Å². The first-order chi connectivity index (χ1) is 11.9. The number of hydrogen-bond acceptors (Lipinski definition) is 6. The molecule has 2 rings (SSSR count). The topological polar surface area (TPSA) is 52.6 Å². The van der Waals surface area contributed by atoms with E-state index in [-0.39, 0.29) is 41.1 Å². The highest BCUT2D eigenvalue weighted by atomic mass is 32.1. The largest absolute Gasteiger partial charge is 0.462 e. The average Bonchev–Trinajstić information content (AvgIpc) is 2.62. The van der Waals surface area contributed by atoms with E-state index in [0.717, 1.165) is 51.4 Å². The van der Waals surface area contributed by atoms with E-state index in [2.05, 4.69) is 39.1 Å². The Hall–Kier alpha value is -0.360. The molecule has 25 heavy (non-hydrogen) atoms. The van der Waals surface area contributed by atoms with Crippen LogP contribution in [0.1, 0.15) is 65.2 Å². The van der Waals surface area contributed by atoms with Gasteiger partial charge in [0.2, 0.25) is 0 Å². The van der Waals surface area contributed by atoms with E-state index < -0.39 is 0 Å². The molecule has 0 aromatic heterocycles. The molecule has 0 N–H and O–H groups in total. The van der Waals surface area contributed by atoms with Crippen LogP contribution in [0.25, 0.3) is 0 Å². The minimum absolute atomic E-state index is 0.0723. The van der Waals surface area contributed by atoms with Crippen LogP contribution in [0.15, 0.2) is 0 Å². The van der Waals surface area contributed by atoms with Crippen LogP contribution >= 0.6 is 25.3 Å². The summed E-state index contributed by atoms with van der Waals surface area (Å²) in [5.41, 5.74) is 0.275. The van der Waals surface area contributed by atoms with Gasteiger partial charge in [-0.1, -0.05) is 13.8 Å². The summed E-state index contributed by atoms with van der Waals surface area (Å²) in [6.07, 6.45) is 8.46. The Balaban J connectivity index is 1.80. The maximum atomic E-state index is 11.4. The zero-order chi connectivity index (χ0) is 18.4. The average molecular weight is 389 g/mol. The molecule has 0 aromatic rings. The number of hydrogen-bond donors (Lipinski definition) is 2. The van der Waals surface area contributed by atoms with Gasteiger partial charge in [0.15, 0.2) is 0 Å². The number of esters is 2. The van der Waals surface area contributed by atoms with E-state index in [4.69, 9.17) is 9.47 Å². The maximum absolute atomic E-state index is 11.4. The first-order valence-corrected chi connectivity index (χ1v) is 10.7. The van der Waals surface area contributed by atoms with Crippen molar-refractivity contribution in [2.24, 2.45) is 17.3 Å². The molecule has 0 aromatic carbocycles. The third-order valence-electron chi connectivity index (χ3n) is 6.31. The van der Waals surface area contributed by atoms with Crippen molar-refractivity contribution >= 4 is 37.2 Å². The van der Waals surface area contributed by atoms with E-state index in [9.17, 15) is 9.59 Å². The molecule has 0 aliphatic heterocycles. The van der Waals surface area contributed by atoms with Crippen LogP contribution in [-0.2, 0) is 19.1 Å². The predicted molar refractivity (Wildman–Crippen MR) is 105 cm³/mol. The Bertz CT molecular complexity index is 410. The Morgan fingerprint density at radius 1 is 0.760 bits per heavy atom. The summed E-state index contributed by atoms with van der Waals surface area (Å²) in [6.45, 7) is 4.78. The number of thiol groups is 2. The van der Waals surface area contributed by atoms with E-state index in [0.29, 0.717) is 11.8 Å². The molecular formula is C19H32O4S2. The van der Waals surface area contributed by atoms with Crippen molar-refractivity contribution in [1.29, 1.82) is 0 Å². The van der Waals surface area contributed by atoms with Gasteiger partial charge < -0.3 is 9.47 Å². The molecule has 144 valence electrons. The number of ether oxygens (including phenoxy) is 2. The molecule has 0 saturated heterocycles. The van der Waals surface area contributed by atoms with Crippen molar-refractivity contribution in [3.05, 3.63) is 0 Å². The molecule has 0 amide bonds. The van der Waals surface area contributed by atoms with Crippen LogP contribution in [0.5, 0.6) is 0 Å². The van der Waals surface area contributed by atoms with Gasteiger partial charge in [-0.15, -0.1) is 0 Å². The smallest absolute Gasteiger partial charge is 0.315 e. The second kappa shape index (κ2) is 9.54. The second-order valence-corrected chi connectivity index (χ2v) is 8.70. The Labute approximate surface area is 162 Å². The molecule has 0 heterocycles. The van der Waals surface area contributed by atoms with E-state index in [1.165, 1.54) is 0 Å². The zero-order valence-electron chi connectivity index (χ0n) is 15.4. The summed E-state index contributed by atoms with van der Waals surface area (Å²) in [7, 11) is 0. The van der Waals surface area contributed by atoms with Gasteiger partial charge in [-0.3, -0.25) is 9.59 Å². The molecule has 2 fully saturated rings. The predicted octanol–water partition coefficient (Wildman–Crippen LogP) is 4.08. The summed E-state index contributed by atoms with van der Waals surface area (Å²) >= 11 is 7.94. The standard InChI is InChI=1S/C19H32O4S2/c1-19(2,13-3-7-15(8-4-13)22-17(20)11-24)14-5-9-16(10-6-14)23-18(21)12-25/h13-16,24-25H,3-12H2,1-2H3. The zero-order valence-corrected chi connectivity index (χ0v) is 17.2. The van der Waals surface area contributed by atoms with E-state index in [1.54, 1.807) is 0 Å². The molecule has 2 aliphatic rings. The lowest BCUT2D eigenvalue weighted by atomic mass is 9.60. The first-order valence-electron chi connectivity index (χ1n) is 9.47. The van der Waals surface area contributed by atoms with Crippen LogP contribution < -0.4 is 0 Å². The number of rotatable bonds is 6. The van der Waals surface area contributed by atoms with Crippen molar-refractivity contribution in [3.63, 3.8) is 0 Å². The molecule has 0 atom stereocenters. The van der Waals surface area contributed by atoms with Gasteiger partial charge in [0.05, 0.1) is 11.5 Å². The minimum atomic E-state index is -0.208. The molecule has 0 bridgehead atoms. The fourth-order valence-corrected chi connectivity index (χ4v) is 4.78. The van der Waals surface area contributed by atoms with Crippen molar-refractivity contribution in [3.8, 4) is 0 Å². The quantitative estimate of drug-likeness (QED) is 0.532. The third-order valence-corrected chi connectivity index (χ3v) is 6.82. The lowest BCUT2D eigenvalue weighted by Gasteiger charge is -2.46. The Morgan fingerprint density at radius 2 is 1.08 bits per heavy atom. The summed E-state index contributed by atoms with van der Waals surface area (Å²) in [5.74, 6) is 1.24. The maximum Gasteiger partial charge on any atom is 0.315 e. The third kappa shape index (κ3) is 5.81. The lowest BCUT2D eigenvalue weighted by Crippen LogP contribution is -2.39. The summed E-state index contributed by atoms with van der Waals surface area (Å²) in [5, 5.41) is 0. The van der Waals surface area contributed by atoms with Gasteiger partial charge >= 0.3 is 11.9 Å². The SMILES string of the molecule is CC(C)(C1CCC(OC(=O)CS)CC1)C1CCC(OC(=O)CS)CC1. The van der Waals surface area contributed by atoms with Crippen LogP contribution in [-0.4, -0.2) is 35.7 Å². The van der Waals surface area contributed by atoms with E-state index >= 15 is 0 Å². The van der Waals surface area contributed by atoms with Crippen molar-refractivity contribution < 1.29 is 19.1 Å². The van der Waals surface area contributed by atoms with Crippen molar-refractivity contribution in [1.82, 2.24) is 0 Å². The highest BCUT2D eigenvalue weighted by Crippen LogP contribution is 2.48. The number of carbonyl (C=O) groups is 2. The monoisotopic (exact) mass is 388 g/mol. The van der Waals surface area contributed by atoms with Crippen molar-refractivity contribution in [2.75, 3.05) is 11.5 Å². The Kier molecular flexibility index (Phi) is 7.99. The summed E-state index contributed by atoms with van der Waals surface area (Å²) in [4.78, 5) is 22.8. The van der Waals surface area contributed by atoms with Gasteiger partial charge in [0, 0.05) is 0 Å². The Morgan fingerprint density at radius 3 is 1.36 bits per heavy atom. The molecular weight excluding hydrogens is 356 g/mol. The molecule has 2 aliphatic carbocycles. The fraction of sp³-hybridized carbons (Fsp3) is 0.895. The van der Waals surface area contributed by atoms with Gasteiger partial charge in [0.25, 0.3) is 0 Å². The minimum Gasteiger partial charge on any atom is -0.462 e. The molecule has 0 unspecified atom stereocenters. The van der Waals surface area contributed by atoms with Crippen LogP contribution in [0, 0.1) is 17.3 Å². The molecule has 4 nitrogen and oxygen atoms in total. The second-order valence-electron chi connectivity index (χ2n) is 8.06. The first kappa shape index (κ1) is 20.9. The van der Waals surface area contributed by atoms with Crippen LogP contribution in [0.4, 0.5) is 0 Å². The highest BCUT2D eigenvalue weighted by Gasteiger charge is 2.41. The lowest BCUT2D eigenvalue weighted by molar-refractivity contribution is -0.148. The van der Waals surface area contributed by atoms with Crippen LogP contribution in [0.3, 0.4) is 0 Å². The van der Waals surface area contributed by atoms with Gasteiger partial charge in [-0.05, 0) is 68.6 Å². The summed E-state index contributed by atoms with van der Waals surface area (Å²) in [6, 6.07) is 0. The molecule has 0 spiro atoms. The molecule has 0 radical (unpaired) electrons. The molecule has 6 heteroatoms. The van der Waals surface area contributed by atoms with E-state index in [1.807, 2.05) is 0 Å². The van der Waals surface area contributed by atoms with Crippen LogP contribution in [0.2, 0.25) is 0 Å². The highest BCUT2D eigenvalue weighted by molar-refractivity contribution is 7.81. The van der Waals surface area contributed by atoms with Gasteiger partial charge in [-0.2, -0.15) is 25.3 Å². The van der Waals surface area contributed by atoms with Gasteiger partial charge in [0.1, 0.15) is 12.2 Å². The number of carbonyl (C=O) groups excluding carboxylic acids is 2. The normalized spacial score (nSPS) is 30.6. The van der Waals surface area contributed by atoms with Gasteiger partial charge in [-0.25, -0.2) is 0 Å². The summed E-state index contributed by atoms with van der Waals surface area (Å²) < 4.78 is 10.9. The molecule has 2 saturated carbocycles.